The summed E-state index contributed by atoms with van der Waals surface area (Å²) in [5.74, 6) is 1.05. The molecule has 0 bridgehead atoms. The minimum absolute atomic E-state index is 0.235. The monoisotopic (exact) mass is 373 g/mol. The van der Waals surface area contributed by atoms with Crippen LogP contribution in [0.4, 0.5) is 0 Å². The first-order valence-corrected chi connectivity index (χ1v) is 9.06. The van der Waals surface area contributed by atoms with E-state index >= 15 is 0 Å². The van der Waals surface area contributed by atoms with E-state index in [0.717, 1.165) is 10.4 Å². The second-order valence-electron chi connectivity index (χ2n) is 5.79. The molecule has 0 fully saturated rings. The molecule has 0 atom stereocenters. The third-order valence-electron chi connectivity index (χ3n) is 3.68. The number of thiophene rings is 1. The highest BCUT2D eigenvalue weighted by molar-refractivity contribution is 7.13. The lowest BCUT2D eigenvalue weighted by Crippen LogP contribution is -2.30. The van der Waals surface area contributed by atoms with Crippen molar-refractivity contribution in [2.45, 2.75) is 20.3 Å². The van der Waals surface area contributed by atoms with E-state index < -0.39 is 0 Å². The van der Waals surface area contributed by atoms with Crippen LogP contribution in [0.15, 0.2) is 38.6 Å². The maximum Gasteiger partial charge on any atom is 0.287 e. The second-order valence-corrected chi connectivity index (χ2v) is 6.74. The van der Waals surface area contributed by atoms with Crippen LogP contribution in [0, 0.1) is 13.8 Å². The van der Waals surface area contributed by atoms with Crippen molar-refractivity contribution < 1.29 is 18.5 Å². The normalized spacial score (nSPS) is 10.7. The molecule has 136 valence electrons. The zero-order chi connectivity index (χ0) is 18.5. The average molecular weight is 373 g/mol. The van der Waals surface area contributed by atoms with Crippen molar-refractivity contribution in [3.63, 3.8) is 0 Å². The van der Waals surface area contributed by atoms with Gasteiger partial charge in [0.2, 0.25) is 0 Å². The highest BCUT2D eigenvalue weighted by atomic mass is 32.1. The smallest absolute Gasteiger partial charge is 0.287 e. The molecule has 2 amide bonds. The van der Waals surface area contributed by atoms with E-state index in [9.17, 15) is 9.59 Å². The Bertz CT molecular complexity index is 896. The summed E-state index contributed by atoms with van der Waals surface area (Å²) in [6.45, 7) is 4.47. The first-order chi connectivity index (χ1) is 12.5. The Morgan fingerprint density at radius 3 is 2.58 bits per heavy atom. The Labute approximate surface area is 154 Å². The van der Waals surface area contributed by atoms with Gasteiger partial charge in [-0.1, -0.05) is 11.2 Å². The first-order valence-electron chi connectivity index (χ1n) is 8.18. The van der Waals surface area contributed by atoms with E-state index in [1.807, 2.05) is 30.5 Å². The van der Waals surface area contributed by atoms with E-state index in [4.69, 9.17) is 8.94 Å². The lowest BCUT2D eigenvalue weighted by molar-refractivity contribution is 0.0923. The van der Waals surface area contributed by atoms with Crippen LogP contribution < -0.4 is 10.6 Å². The molecule has 3 heterocycles. The van der Waals surface area contributed by atoms with Crippen molar-refractivity contribution in [1.29, 1.82) is 0 Å². The number of carbonyl (C=O) groups excluding carboxylic acids is 2. The second kappa shape index (κ2) is 8.01. The molecule has 0 aromatic carbocycles. The standard InChI is InChI=1S/C18H19N3O4S/c1-11-9-12(2)24-16(11)18(23)20-7-4-6-19-17(22)13-10-14(25-21-13)15-5-3-8-26-15/h3,5,8-10H,4,6-7H2,1-2H3,(H,19,22)(H,20,23). The van der Waals surface area contributed by atoms with Gasteiger partial charge >= 0.3 is 0 Å². The summed E-state index contributed by atoms with van der Waals surface area (Å²) in [4.78, 5) is 25.0. The summed E-state index contributed by atoms with van der Waals surface area (Å²) >= 11 is 1.52. The third-order valence-corrected chi connectivity index (χ3v) is 4.56. The number of carbonyl (C=O) groups is 2. The van der Waals surface area contributed by atoms with Gasteiger partial charge in [0.25, 0.3) is 11.8 Å². The summed E-state index contributed by atoms with van der Waals surface area (Å²) in [6, 6.07) is 7.24. The molecule has 7 nitrogen and oxygen atoms in total. The maximum atomic E-state index is 12.1. The van der Waals surface area contributed by atoms with E-state index in [2.05, 4.69) is 15.8 Å². The summed E-state index contributed by atoms with van der Waals surface area (Å²) in [7, 11) is 0. The van der Waals surface area contributed by atoms with Crippen LogP contribution in [0.5, 0.6) is 0 Å². The van der Waals surface area contributed by atoms with Crippen molar-refractivity contribution in [2.24, 2.45) is 0 Å². The Hall–Kier alpha value is -2.87. The molecule has 0 aliphatic heterocycles. The van der Waals surface area contributed by atoms with Crippen LogP contribution >= 0.6 is 11.3 Å². The molecular formula is C18H19N3O4S. The van der Waals surface area contributed by atoms with Gasteiger partial charge < -0.3 is 19.6 Å². The fourth-order valence-corrected chi connectivity index (χ4v) is 3.12. The quantitative estimate of drug-likeness (QED) is 0.620. The van der Waals surface area contributed by atoms with Crippen LogP contribution in [0.1, 0.15) is 38.8 Å². The first kappa shape index (κ1) is 17.9. The van der Waals surface area contributed by atoms with Crippen LogP contribution in [-0.2, 0) is 0 Å². The summed E-state index contributed by atoms with van der Waals surface area (Å²) in [5.41, 5.74) is 1.04. The molecule has 0 saturated carbocycles. The van der Waals surface area contributed by atoms with E-state index in [1.54, 1.807) is 13.0 Å². The highest BCUT2D eigenvalue weighted by Gasteiger charge is 2.15. The number of furan rings is 1. The number of rotatable bonds is 7. The van der Waals surface area contributed by atoms with Gasteiger partial charge in [-0.25, -0.2) is 0 Å². The van der Waals surface area contributed by atoms with Gasteiger partial charge in [0.05, 0.1) is 4.88 Å². The number of hydrogen-bond donors (Lipinski definition) is 2. The van der Waals surface area contributed by atoms with Gasteiger partial charge in [-0.2, -0.15) is 0 Å². The average Bonchev–Trinajstić information content (AvgIpc) is 3.34. The number of hydrogen-bond acceptors (Lipinski definition) is 6. The van der Waals surface area contributed by atoms with Crippen LogP contribution in [0.2, 0.25) is 0 Å². The van der Waals surface area contributed by atoms with Gasteiger partial charge in [0.15, 0.2) is 17.2 Å². The minimum atomic E-state index is -0.305. The van der Waals surface area contributed by atoms with Crippen molar-refractivity contribution in [2.75, 3.05) is 13.1 Å². The van der Waals surface area contributed by atoms with E-state index in [-0.39, 0.29) is 17.5 Å². The number of nitrogens with zero attached hydrogens (tertiary/aromatic N) is 1. The number of nitrogens with one attached hydrogen (secondary N) is 2. The maximum absolute atomic E-state index is 12.1. The lowest BCUT2D eigenvalue weighted by Gasteiger charge is -2.05. The Morgan fingerprint density at radius 2 is 1.92 bits per heavy atom. The Morgan fingerprint density at radius 1 is 1.15 bits per heavy atom. The molecule has 0 aliphatic rings. The SMILES string of the molecule is Cc1cc(C)c(C(=O)NCCCNC(=O)c2cc(-c3cccs3)on2)o1. The van der Waals surface area contributed by atoms with Crippen LogP contribution in [-0.4, -0.2) is 30.1 Å². The Kier molecular flexibility index (Phi) is 5.52. The van der Waals surface area contributed by atoms with Gasteiger partial charge in [0, 0.05) is 24.7 Å². The lowest BCUT2D eigenvalue weighted by atomic mass is 10.2. The fourth-order valence-electron chi connectivity index (χ4n) is 2.45. The van der Waals surface area contributed by atoms with Crippen molar-refractivity contribution in [1.82, 2.24) is 15.8 Å². The highest BCUT2D eigenvalue weighted by Crippen LogP contribution is 2.25. The van der Waals surface area contributed by atoms with E-state index in [1.165, 1.54) is 11.3 Å². The van der Waals surface area contributed by atoms with Crippen LogP contribution in [0.25, 0.3) is 10.6 Å². The predicted octanol–water partition coefficient (Wildman–Crippen LogP) is 3.16. The summed E-state index contributed by atoms with van der Waals surface area (Å²) in [5, 5.41) is 11.2. The third kappa shape index (κ3) is 4.20. The van der Waals surface area contributed by atoms with Crippen molar-refractivity contribution in [3.05, 3.63) is 52.4 Å². The number of aryl methyl sites for hydroxylation is 2. The molecule has 2 N–H and O–H groups in total. The fraction of sp³-hybridized carbons (Fsp3) is 0.278. The predicted molar refractivity (Wildman–Crippen MR) is 97.3 cm³/mol. The van der Waals surface area contributed by atoms with Gasteiger partial charge in [-0.05, 0) is 37.8 Å². The molecule has 0 spiro atoms. The van der Waals surface area contributed by atoms with Gasteiger partial charge in [0.1, 0.15) is 5.76 Å². The number of aromatic nitrogens is 1. The van der Waals surface area contributed by atoms with Crippen molar-refractivity contribution >= 4 is 23.2 Å². The molecule has 0 saturated heterocycles. The van der Waals surface area contributed by atoms with Gasteiger partial charge in [-0.3, -0.25) is 9.59 Å². The zero-order valence-electron chi connectivity index (χ0n) is 14.5. The largest absolute Gasteiger partial charge is 0.456 e. The molecular weight excluding hydrogens is 354 g/mol. The molecule has 8 heteroatoms. The summed E-state index contributed by atoms with van der Waals surface area (Å²) < 4.78 is 10.5. The van der Waals surface area contributed by atoms with Crippen LogP contribution in [0.3, 0.4) is 0 Å². The molecule has 3 aromatic rings. The van der Waals surface area contributed by atoms with E-state index in [0.29, 0.717) is 36.8 Å². The molecule has 26 heavy (non-hydrogen) atoms. The Balaban J connectivity index is 1.40. The molecule has 3 aromatic heterocycles. The molecule has 3 rings (SSSR count). The summed E-state index contributed by atoms with van der Waals surface area (Å²) in [6.07, 6.45) is 0.589. The molecule has 0 unspecified atom stereocenters. The van der Waals surface area contributed by atoms with Crippen molar-refractivity contribution in [3.8, 4) is 10.6 Å². The molecule has 0 radical (unpaired) electrons. The topological polar surface area (TPSA) is 97.4 Å². The minimum Gasteiger partial charge on any atom is -0.456 e. The zero-order valence-corrected chi connectivity index (χ0v) is 15.3. The molecule has 0 aliphatic carbocycles. The number of amides is 2. The van der Waals surface area contributed by atoms with Gasteiger partial charge in [-0.15, -0.1) is 11.3 Å².